The average Bonchev–Trinajstić information content (AvgIpc) is 3.36. The molecular formula is C24H19FN4O5. The number of benzene rings is 3. The fraction of sp³-hybridized carbons (Fsp3) is 0.125. The van der Waals surface area contributed by atoms with Crippen molar-refractivity contribution in [3.8, 4) is 5.75 Å². The second-order valence-corrected chi connectivity index (χ2v) is 7.79. The Bertz CT molecular complexity index is 1470. The first-order chi connectivity index (χ1) is 16.3. The molecular weight excluding hydrogens is 443 g/mol. The van der Waals surface area contributed by atoms with Gasteiger partial charge in [-0.15, -0.1) is 0 Å². The number of carbonyl (C=O) groups excluding carboxylic acids is 1. The molecule has 3 aromatic carbocycles. The number of aromatic amines is 1. The van der Waals surface area contributed by atoms with Gasteiger partial charge in [-0.1, -0.05) is 30.3 Å². The monoisotopic (exact) mass is 462 g/mol. The smallest absolute Gasteiger partial charge is 0.413 e. The number of nitrogens with one attached hydrogen (secondary N) is 1. The van der Waals surface area contributed by atoms with E-state index in [-0.39, 0.29) is 34.1 Å². The predicted octanol–water partition coefficient (Wildman–Crippen LogP) is 3.68. The molecule has 0 saturated carbocycles. The highest BCUT2D eigenvalue weighted by Crippen LogP contribution is 2.46. The summed E-state index contributed by atoms with van der Waals surface area (Å²) >= 11 is 0. The number of hydrogen-bond acceptors (Lipinski definition) is 5. The molecule has 1 aliphatic rings. The maximum Gasteiger partial charge on any atom is 0.413 e. The van der Waals surface area contributed by atoms with Crippen LogP contribution in [0.15, 0.2) is 60.7 Å². The maximum atomic E-state index is 15.3. The zero-order chi connectivity index (χ0) is 24.2. The molecule has 5 rings (SSSR count). The lowest BCUT2D eigenvalue weighted by Gasteiger charge is -2.35. The van der Waals surface area contributed by atoms with Crippen LogP contribution in [0.5, 0.6) is 5.75 Å². The van der Waals surface area contributed by atoms with Gasteiger partial charge in [-0.25, -0.2) is 14.2 Å². The number of hydrogen-bond donors (Lipinski definition) is 3. The minimum atomic E-state index is -2.06. The van der Waals surface area contributed by atoms with Crippen LogP contribution in [0.2, 0.25) is 0 Å². The third-order valence-electron chi connectivity index (χ3n) is 5.94. The van der Waals surface area contributed by atoms with E-state index in [2.05, 4.69) is 9.97 Å². The largest absolute Gasteiger partial charge is 0.494 e. The van der Waals surface area contributed by atoms with E-state index >= 15 is 4.39 Å². The second kappa shape index (κ2) is 7.56. The lowest BCUT2D eigenvalue weighted by Crippen LogP contribution is -2.45. The Balaban J connectivity index is 1.73. The van der Waals surface area contributed by atoms with E-state index in [1.54, 1.807) is 42.5 Å². The molecule has 0 spiro atoms. The molecule has 1 atom stereocenters. The number of methoxy groups -OCH3 is 1. The number of aromatic nitrogens is 2. The highest BCUT2D eigenvalue weighted by atomic mass is 19.1. The van der Waals surface area contributed by atoms with Gasteiger partial charge in [0.05, 0.1) is 23.8 Å². The number of imidazole rings is 1. The number of aliphatic hydroxyl groups is 1. The second-order valence-electron chi connectivity index (χ2n) is 7.79. The van der Waals surface area contributed by atoms with Crippen molar-refractivity contribution >= 4 is 34.7 Å². The van der Waals surface area contributed by atoms with Gasteiger partial charge in [-0.05, 0) is 30.3 Å². The number of nitrogens with zero attached hydrogens (tertiary/aromatic N) is 3. The van der Waals surface area contributed by atoms with Crippen LogP contribution in [-0.2, 0) is 5.72 Å². The number of fused-ring (bicyclic) bond motifs is 2. The number of H-pyrrole nitrogens is 1. The Labute approximate surface area is 192 Å². The van der Waals surface area contributed by atoms with Crippen LogP contribution in [0.25, 0.3) is 11.0 Å². The van der Waals surface area contributed by atoms with Gasteiger partial charge in [0.1, 0.15) is 0 Å². The van der Waals surface area contributed by atoms with E-state index in [4.69, 9.17) is 4.74 Å². The summed E-state index contributed by atoms with van der Waals surface area (Å²) in [6, 6.07) is 15.6. The number of carboxylic acid groups (broad SMARTS) is 1. The topological polar surface area (TPSA) is 119 Å². The van der Waals surface area contributed by atoms with Gasteiger partial charge in [0, 0.05) is 23.7 Å². The molecule has 2 heterocycles. The van der Waals surface area contributed by atoms with Gasteiger partial charge in [-0.2, -0.15) is 0 Å². The summed E-state index contributed by atoms with van der Waals surface area (Å²) in [5.41, 5.74) is -0.567. The van der Waals surface area contributed by atoms with Gasteiger partial charge < -0.3 is 19.9 Å². The molecule has 34 heavy (non-hydrogen) atoms. The first-order valence-electron chi connectivity index (χ1n) is 10.2. The van der Waals surface area contributed by atoms with Crippen LogP contribution in [0.3, 0.4) is 0 Å². The molecule has 0 bridgehead atoms. The summed E-state index contributed by atoms with van der Waals surface area (Å²) in [5, 5.41) is 21.3. The molecule has 0 radical (unpaired) electrons. The van der Waals surface area contributed by atoms with Crippen LogP contribution >= 0.6 is 0 Å². The fourth-order valence-electron chi connectivity index (χ4n) is 4.22. The van der Waals surface area contributed by atoms with Gasteiger partial charge in [0.15, 0.2) is 17.3 Å². The molecule has 0 aliphatic carbocycles. The molecule has 172 valence electrons. The average molecular weight is 462 g/mol. The zero-order valence-corrected chi connectivity index (χ0v) is 18.1. The molecule has 0 fully saturated rings. The highest BCUT2D eigenvalue weighted by Gasteiger charge is 2.51. The van der Waals surface area contributed by atoms with Gasteiger partial charge in [0.25, 0.3) is 5.91 Å². The number of halogens is 1. The lowest BCUT2D eigenvalue weighted by molar-refractivity contribution is 0.0698. The molecule has 4 aromatic rings. The highest BCUT2D eigenvalue weighted by molar-refractivity contribution is 6.12. The Hall–Kier alpha value is -4.44. The number of amides is 2. The zero-order valence-electron chi connectivity index (χ0n) is 18.1. The Morgan fingerprint density at radius 1 is 1.18 bits per heavy atom. The quantitative estimate of drug-likeness (QED) is 0.426. The van der Waals surface area contributed by atoms with Crippen LogP contribution < -0.4 is 14.5 Å². The molecule has 10 heteroatoms. The summed E-state index contributed by atoms with van der Waals surface area (Å²) in [4.78, 5) is 33.8. The molecule has 3 N–H and O–H groups in total. The van der Waals surface area contributed by atoms with Crippen LogP contribution in [0.1, 0.15) is 21.5 Å². The number of carbonyl (C=O) groups is 2. The number of rotatable bonds is 4. The minimum Gasteiger partial charge on any atom is -0.494 e. The lowest BCUT2D eigenvalue weighted by atomic mass is 9.93. The number of anilines is 2. The van der Waals surface area contributed by atoms with E-state index in [1.807, 2.05) is 0 Å². The molecule has 1 unspecified atom stereocenters. The number of ether oxygens (including phenoxy) is 1. The summed E-state index contributed by atoms with van der Waals surface area (Å²) in [6.07, 6.45) is -1.20. The summed E-state index contributed by atoms with van der Waals surface area (Å²) < 4.78 is 20.4. The molecule has 1 aromatic heterocycles. The van der Waals surface area contributed by atoms with E-state index in [9.17, 15) is 19.8 Å². The standard InChI is InChI=1S/C24H19FN4O5/c1-28(23(31)32)22-26-16-11-10-13(12-17(16)27-22)24(33)15-7-4-3-6-14(15)21(30)29(24)18-8-5-9-19(34-2)20(18)25/h3-12,33H,1-2H3,(H,26,27)(H,31,32). The van der Waals surface area contributed by atoms with Crippen molar-refractivity contribution in [1.82, 2.24) is 9.97 Å². The molecule has 0 saturated heterocycles. The summed E-state index contributed by atoms with van der Waals surface area (Å²) in [6.45, 7) is 0. The van der Waals surface area contributed by atoms with Crippen molar-refractivity contribution in [1.29, 1.82) is 0 Å². The maximum absolute atomic E-state index is 15.3. The van der Waals surface area contributed by atoms with Crippen LogP contribution in [0.4, 0.5) is 20.8 Å². The van der Waals surface area contributed by atoms with E-state index < -0.39 is 23.5 Å². The first-order valence-corrected chi connectivity index (χ1v) is 10.2. The Kier molecular flexibility index (Phi) is 4.76. The van der Waals surface area contributed by atoms with Crippen molar-refractivity contribution in [2.45, 2.75) is 5.72 Å². The van der Waals surface area contributed by atoms with Crippen molar-refractivity contribution in [3.63, 3.8) is 0 Å². The van der Waals surface area contributed by atoms with Crippen molar-refractivity contribution in [3.05, 3.63) is 83.2 Å². The van der Waals surface area contributed by atoms with Crippen molar-refractivity contribution < 1.29 is 28.9 Å². The SMILES string of the molecule is COc1cccc(N2C(=O)c3ccccc3C2(O)c2ccc3nc(N(C)C(=O)O)[nH]c3c2)c1F. The summed E-state index contributed by atoms with van der Waals surface area (Å²) in [7, 11) is 2.65. The molecule has 9 nitrogen and oxygen atoms in total. The normalized spacial score (nSPS) is 17.2. The third-order valence-corrected chi connectivity index (χ3v) is 5.94. The third kappa shape index (κ3) is 2.92. The van der Waals surface area contributed by atoms with E-state index in [0.717, 1.165) is 9.80 Å². The Morgan fingerprint density at radius 3 is 2.68 bits per heavy atom. The van der Waals surface area contributed by atoms with Crippen molar-refractivity contribution in [2.24, 2.45) is 0 Å². The summed E-state index contributed by atoms with van der Waals surface area (Å²) in [5.74, 6) is -1.36. The van der Waals surface area contributed by atoms with Gasteiger partial charge >= 0.3 is 6.09 Å². The molecule has 1 aliphatic heterocycles. The van der Waals surface area contributed by atoms with Crippen LogP contribution in [-0.4, -0.2) is 46.3 Å². The van der Waals surface area contributed by atoms with Gasteiger partial charge in [-0.3, -0.25) is 14.6 Å². The van der Waals surface area contributed by atoms with Crippen molar-refractivity contribution in [2.75, 3.05) is 24.0 Å². The van der Waals surface area contributed by atoms with E-state index in [1.165, 1.54) is 32.4 Å². The first kappa shape index (κ1) is 21.4. The molecule has 2 amide bonds. The predicted molar refractivity (Wildman–Crippen MR) is 122 cm³/mol. The Morgan fingerprint density at radius 2 is 1.94 bits per heavy atom. The minimum absolute atomic E-state index is 0.0750. The van der Waals surface area contributed by atoms with Gasteiger partial charge in [0.2, 0.25) is 5.95 Å². The van der Waals surface area contributed by atoms with E-state index in [0.29, 0.717) is 11.0 Å². The fourth-order valence-corrected chi connectivity index (χ4v) is 4.22. The van der Waals surface area contributed by atoms with Crippen LogP contribution in [0, 0.1) is 5.82 Å².